The number of aromatic carboxylic acids is 1. The minimum atomic E-state index is -3.79. The van der Waals surface area contributed by atoms with Crippen molar-refractivity contribution in [3.8, 4) is 0 Å². The first-order valence-electron chi connectivity index (χ1n) is 5.61. The predicted molar refractivity (Wildman–Crippen MR) is 78.6 cm³/mol. The second-order valence-corrected chi connectivity index (χ2v) is 5.98. The monoisotopic (exact) mass is 327 g/mol. The van der Waals surface area contributed by atoms with E-state index in [1.807, 2.05) is 0 Å². The van der Waals surface area contributed by atoms with Crippen molar-refractivity contribution in [3.05, 3.63) is 52.0 Å². The Morgan fingerprint density at radius 3 is 2.57 bits per heavy atom. The molecule has 0 spiro atoms. The minimum Gasteiger partial charge on any atom is -0.477 e. The Kier molecular flexibility index (Phi) is 4.29. The van der Waals surface area contributed by atoms with E-state index in [4.69, 9.17) is 16.7 Å². The molecule has 2 aromatic rings. The first-order chi connectivity index (χ1) is 9.85. The largest absolute Gasteiger partial charge is 0.477 e. The summed E-state index contributed by atoms with van der Waals surface area (Å²) in [5.74, 6) is -1.34. The normalized spacial score (nSPS) is 11.7. The van der Waals surface area contributed by atoms with Crippen molar-refractivity contribution in [2.24, 2.45) is 0 Å². The van der Waals surface area contributed by atoms with E-state index in [-0.39, 0.29) is 11.5 Å². The van der Waals surface area contributed by atoms with Crippen LogP contribution in [0.2, 0.25) is 5.02 Å². The first kappa shape index (κ1) is 15.1. The Labute approximate surface area is 125 Å². The van der Waals surface area contributed by atoms with Gasteiger partial charge in [0, 0.05) is 11.1 Å². The number of hydrogen-bond donors (Lipinski definition) is 3. The van der Waals surface area contributed by atoms with Crippen molar-refractivity contribution >= 4 is 39.5 Å². The highest BCUT2D eigenvalue weighted by molar-refractivity contribution is 7.95. The van der Waals surface area contributed by atoms with Gasteiger partial charge in [-0.3, -0.25) is 9.82 Å². The molecule has 0 aliphatic carbocycles. The van der Waals surface area contributed by atoms with Crippen molar-refractivity contribution < 1.29 is 18.3 Å². The van der Waals surface area contributed by atoms with Crippen LogP contribution in [0.3, 0.4) is 0 Å². The fourth-order valence-electron chi connectivity index (χ4n) is 1.41. The molecule has 0 atom stereocenters. The SMILES string of the molecule is O=C(O)c1cc(NS(=O)(=O)C=Cc2ccc(Cl)cc2)n[nH]1. The van der Waals surface area contributed by atoms with Gasteiger partial charge in [-0.1, -0.05) is 23.7 Å². The lowest BCUT2D eigenvalue weighted by Gasteiger charge is -1.99. The van der Waals surface area contributed by atoms with Crippen LogP contribution in [-0.2, 0) is 10.0 Å². The Bertz CT molecular complexity index is 781. The van der Waals surface area contributed by atoms with Crippen LogP contribution in [0.4, 0.5) is 5.82 Å². The summed E-state index contributed by atoms with van der Waals surface area (Å²) in [6.45, 7) is 0. The molecular weight excluding hydrogens is 318 g/mol. The zero-order valence-corrected chi connectivity index (χ0v) is 12.0. The fourth-order valence-corrected chi connectivity index (χ4v) is 2.33. The fraction of sp³-hybridized carbons (Fsp3) is 0. The van der Waals surface area contributed by atoms with Gasteiger partial charge in [-0.2, -0.15) is 5.10 Å². The number of rotatable bonds is 5. The summed E-state index contributed by atoms with van der Waals surface area (Å²) < 4.78 is 25.7. The number of halogens is 1. The van der Waals surface area contributed by atoms with E-state index in [1.54, 1.807) is 24.3 Å². The maximum absolute atomic E-state index is 11.8. The average Bonchev–Trinajstić information content (AvgIpc) is 2.86. The lowest BCUT2D eigenvalue weighted by Crippen LogP contribution is -2.09. The minimum absolute atomic E-state index is 0.104. The zero-order valence-electron chi connectivity index (χ0n) is 10.4. The summed E-state index contributed by atoms with van der Waals surface area (Å²) in [6, 6.07) is 7.66. The van der Waals surface area contributed by atoms with Crippen LogP contribution in [-0.4, -0.2) is 29.7 Å². The van der Waals surface area contributed by atoms with Crippen LogP contribution in [0, 0.1) is 0 Å². The quantitative estimate of drug-likeness (QED) is 0.779. The second-order valence-electron chi connectivity index (χ2n) is 3.97. The number of carbonyl (C=O) groups is 1. The number of H-pyrrole nitrogens is 1. The lowest BCUT2D eigenvalue weighted by molar-refractivity contribution is 0.0690. The van der Waals surface area contributed by atoms with Crippen LogP contribution in [0.25, 0.3) is 6.08 Å². The Morgan fingerprint density at radius 1 is 1.33 bits per heavy atom. The molecule has 9 heteroatoms. The van der Waals surface area contributed by atoms with Crippen LogP contribution < -0.4 is 4.72 Å². The third-order valence-corrected chi connectivity index (χ3v) is 3.60. The standard InChI is InChI=1S/C12H10ClN3O4S/c13-9-3-1-8(2-4-9)5-6-21(19,20)16-11-7-10(12(17)18)14-15-11/h1-7H,(H,17,18)(H2,14,15,16). The Balaban J connectivity index is 2.10. The molecule has 0 radical (unpaired) electrons. The molecule has 1 heterocycles. The van der Waals surface area contributed by atoms with Crippen molar-refractivity contribution in [1.29, 1.82) is 0 Å². The number of nitrogens with one attached hydrogen (secondary N) is 2. The summed E-state index contributed by atoms with van der Waals surface area (Å²) in [5, 5.41) is 15.9. The molecule has 0 bridgehead atoms. The van der Waals surface area contributed by atoms with Gasteiger partial charge in [0.15, 0.2) is 5.82 Å². The molecule has 0 fully saturated rings. The first-order valence-corrected chi connectivity index (χ1v) is 7.53. The van der Waals surface area contributed by atoms with Crippen LogP contribution >= 0.6 is 11.6 Å². The Hall–Kier alpha value is -2.32. The number of sulfonamides is 1. The maximum Gasteiger partial charge on any atom is 0.353 e. The average molecular weight is 328 g/mol. The van der Waals surface area contributed by atoms with Crippen molar-refractivity contribution in [2.75, 3.05) is 4.72 Å². The zero-order chi connectivity index (χ0) is 15.5. The number of aromatic nitrogens is 2. The van der Waals surface area contributed by atoms with E-state index >= 15 is 0 Å². The molecule has 1 aromatic heterocycles. The van der Waals surface area contributed by atoms with Gasteiger partial charge in [-0.05, 0) is 23.8 Å². The molecule has 1 aromatic carbocycles. The second kappa shape index (κ2) is 5.98. The molecule has 7 nitrogen and oxygen atoms in total. The van der Waals surface area contributed by atoms with Gasteiger partial charge in [0.2, 0.25) is 0 Å². The highest BCUT2D eigenvalue weighted by atomic mass is 35.5. The summed E-state index contributed by atoms with van der Waals surface area (Å²) in [7, 11) is -3.79. The van der Waals surface area contributed by atoms with E-state index in [2.05, 4.69) is 14.9 Å². The van der Waals surface area contributed by atoms with E-state index in [0.717, 1.165) is 11.5 Å². The van der Waals surface area contributed by atoms with Gasteiger partial charge in [0.25, 0.3) is 10.0 Å². The van der Waals surface area contributed by atoms with E-state index in [1.165, 1.54) is 6.08 Å². The molecule has 0 saturated heterocycles. The van der Waals surface area contributed by atoms with Gasteiger partial charge < -0.3 is 5.11 Å². The third-order valence-electron chi connectivity index (χ3n) is 2.36. The van der Waals surface area contributed by atoms with E-state index < -0.39 is 16.0 Å². The summed E-state index contributed by atoms with van der Waals surface area (Å²) in [6.07, 6.45) is 1.38. The molecule has 3 N–H and O–H groups in total. The predicted octanol–water partition coefficient (Wildman–Crippen LogP) is 2.17. The molecule has 0 unspecified atom stereocenters. The van der Waals surface area contributed by atoms with Crippen LogP contribution in [0.5, 0.6) is 0 Å². The molecule has 0 aliphatic rings. The van der Waals surface area contributed by atoms with Gasteiger partial charge in [0.05, 0.1) is 5.41 Å². The Morgan fingerprint density at radius 2 is 2.00 bits per heavy atom. The number of carboxylic acid groups (broad SMARTS) is 1. The van der Waals surface area contributed by atoms with Crippen LogP contribution in [0.15, 0.2) is 35.7 Å². The number of carboxylic acids is 1. The summed E-state index contributed by atoms with van der Waals surface area (Å²) >= 11 is 5.72. The van der Waals surface area contributed by atoms with Crippen molar-refractivity contribution in [2.45, 2.75) is 0 Å². The van der Waals surface area contributed by atoms with Crippen LogP contribution in [0.1, 0.15) is 16.1 Å². The molecule has 0 amide bonds. The third kappa shape index (κ3) is 4.33. The lowest BCUT2D eigenvalue weighted by atomic mass is 10.2. The van der Waals surface area contributed by atoms with Gasteiger partial charge in [-0.15, -0.1) is 0 Å². The molecule has 110 valence electrons. The molecule has 21 heavy (non-hydrogen) atoms. The highest BCUT2D eigenvalue weighted by Crippen LogP contribution is 2.12. The molecule has 0 aliphatic heterocycles. The molecular formula is C12H10ClN3O4S. The van der Waals surface area contributed by atoms with Gasteiger partial charge in [0.1, 0.15) is 5.69 Å². The maximum atomic E-state index is 11.8. The number of anilines is 1. The smallest absolute Gasteiger partial charge is 0.353 e. The van der Waals surface area contributed by atoms with E-state index in [9.17, 15) is 13.2 Å². The van der Waals surface area contributed by atoms with Crippen molar-refractivity contribution in [1.82, 2.24) is 10.2 Å². The van der Waals surface area contributed by atoms with Crippen molar-refractivity contribution in [3.63, 3.8) is 0 Å². The number of aromatic amines is 1. The summed E-state index contributed by atoms with van der Waals surface area (Å²) in [5.41, 5.74) is 0.437. The number of hydrogen-bond acceptors (Lipinski definition) is 4. The molecule has 0 saturated carbocycles. The number of benzene rings is 1. The summed E-state index contributed by atoms with van der Waals surface area (Å²) in [4.78, 5) is 10.6. The van der Waals surface area contributed by atoms with Gasteiger partial charge in [-0.25, -0.2) is 13.2 Å². The van der Waals surface area contributed by atoms with E-state index in [0.29, 0.717) is 10.6 Å². The number of nitrogens with zero attached hydrogens (tertiary/aromatic N) is 1. The highest BCUT2D eigenvalue weighted by Gasteiger charge is 2.11. The van der Waals surface area contributed by atoms with Gasteiger partial charge >= 0.3 is 5.97 Å². The molecule has 2 rings (SSSR count). The topological polar surface area (TPSA) is 112 Å².